The highest BCUT2D eigenvalue weighted by Crippen LogP contribution is 2.40. The van der Waals surface area contributed by atoms with Crippen LogP contribution in [0.25, 0.3) is 11.0 Å². The number of nitrogens with one attached hydrogen (secondary N) is 2. The Kier molecular flexibility index (Phi) is 4.05. The molecule has 3 aromatic rings. The third-order valence-electron chi connectivity index (χ3n) is 5.05. The Balaban J connectivity index is 1.47. The number of morpholine rings is 1. The lowest BCUT2D eigenvalue weighted by atomic mass is 10.2. The third-order valence-corrected chi connectivity index (χ3v) is 5.05. The van der Waals surface area contributed by atoms with Crippen LogP contribution in [-0.2, 0) is 4.74 Å². The number of ether oxygens (including phenoxy) is 2. The highest BCUT2D eigenvalue weighted by Gasteiger charge is 2.28. The van der Waals surface area contributed by atoms with Crippen molar-refractivity contribution in [2.75, 3.05) is 43.6 Å². The maximum Gasteiger partial charge on any atom is 0.160 e. The van der Waals surface area contributed by atoms with Gasteiger partial charge >= 0.3 is 0 Å². The largest absolute Gasteiger partial charge is 0.495 e. The van der Waals surface area contributed by atoms with Crippen molar-refractivity contribution < 1.29 is 9.47 Å². The molecule has 8 heteroatoms. The van der Waals surface area contributed by atoms with E-state index in [0.29, 0.717) is 5.92 Å². The molecule has 0 bridgehead atoms. The number of hydrogen-bond donors (Lipinski definition) is 2. The van der Waals surface area contributed by atoms with Crippen molar-refractivity contribution in [3.05, 3.63) is 30.2 Å². The van der Waals surface area contributed by atoms with E-state index in [9.17, 15) is 0 Å². The van der Waals surface area contributed by atoms with E-state index in [4.69, 9.17) is 14.5 Å². The Morgan fingerprint density at radius 2 is 2.07 bits per heavy atom. The third kappa shape index (κ3) is 3.16. The van der Waals surface area contributed by atoms with Crippen molar-refractivity contribution in [1.82, 2.24) is 20.2 Å². The number of aromatic nitrogens is 4. The van der Waals surface area contributed by atoms with Gasteiger partial charge in [-0.2, -0.15) is 5.10 Å². The maximum absolute atomic E-state index is 5.65. The molecule has 1 saturated heterocycles. The van der Waals surface area contributed by atoms with Gasteiger partial charge in [-0.3, -0.25) is 5.10 Å². The first-order valence-electron chi connectivity index (χ1n) is 9.30. The molecule has 2 N–H and O–H groups in total. The van der Waals surface area contributed by atoms with Crippen LogP contribution in [-0.4, -0.2) is 53.6 Å². The van der Waals surface area contributed by atoms with Crippen LogP contribution >= 0.6 is 0 Å². The van der Waals surface area contributed by atoms with Crippen molar-refractivity contribution in [3.63, 3.8) is 0 Å². The van der Waals surface area contributed by atoms with Gasteiger partial charge in [0.2, 0.25) is 0 Å². The first kappa shape index (κ1) is 16.3. The fraction of sp³-hybridized carbons (Fsp3) is 0.421. The molecular weight excluding hydrogens is 344 g/mol. The minimum atomic E-state index is 0.475. The van der Waals surface area contributed by atoms with E-state index in [1.165, 1.54) is 0 Å². The van der Waals surface area contributed by atoms with Crippen molar-refractivity contribution in [1.29, 1.82) is 0 Å². The second-order valence-electron chi connectivity index (χ2n) is 6.95. The van der Waals surface area contributed by atoms with Gasteiger partial charge in [-0.1, -0.05) is 0 Å². The van der Waals surface area contributed by atoms with Gasteiger partial charge in [0.25, 0.3) is 0 Å². The number of anilines is 3. The molecule has 140 valence electrons. The average Bonchev–Trinajstić information content (AvgIpc) is 3.46. The molecule has 0 radical (unpaired) electrons. The minimum Gasteiger partial charge on any atom is -0.495 e. The van der Waals surface area contributed by atoms with Gasteiger partial charge < -0.3 is 19.7 Å². The molecule has 1 aliphatic heterocycles. The van der Waals surface area contributed by atoms with Gasteiger partial charge in [0.15, 0.2) is 5.82 Å². The summed E-state index contributed by atoms with van der Waals surface area (Å²) in [7, 11) is 1.70. The fourth-order valence-electron chi connectivity index (χ4n) is 3.43. The molecule has 5 rings (SSSR count). The summed E-state index contributed by atoms with van der Waals surface area (Å²) in [4.78, 5) is 11.6. The van der Waals surface area contributed by atoms with Gasteiger partial charge in [0.1, 0.15) is 22.6 Å². The van der Waals surface area contributed by atoms with E-state index in [0.717, 1.165) is 78.9 Å². The second-order valence-corrected chi connectivity index (χ2v) is 6.95. The zero-order valence-corrected chi connectivity index (χ0v) is 15.2. The highest BCUT2D eigenvalue weighted by atomic mass is 16.5. The van der Waals surface area contributed by atoms with Crippen molar-refractivity contribution >= 4 is 28.2 Å². The van der Waals surface area contributed by atoms with Gasteiger partial charge in [0.05, 0.1) is 32.2 Å². The monoisotopic (exact) mass is 366 g/mol. The van der Waals surface area contributed by atoms with Crippen molar-refractivity contribution in [3.8, 4) is 5.75 Å². The summed E-state index contributed by atoms with van der Waals surface area (Å²) < 4.78 is 11.1. The second kappa shape index (κ2) is 6.70. The molecule has 0 amide bonds. The first-order valence-corrected chi connectivity index (χ1v) is 9.30. The van der Waals surface area contributed by atoms with Crippen LogP contribution in [0.3, 0.4) is 0 Å². The molecule has 2 aromatic heterocycles. The Morgan fingerprint density at radius 3 is 2.85 bits per heavy atom. The van der Waals surface area contributed by atoms with E-state index in [2.05, 4.69) is 37.5 Å². The smallest absolute Gasteiger partial charge is 0.160 e. The summed E-state index contributed by atoms with van der Waals surface area (Å²) >= 11 is 0. The Hall–Kier alpha value is -2.87. The number of hydrogen-bond acceptors (Lipinski definition) is 7. The molecule has 2 aliphatic rings. The van der Waals surface area contributed by atoms with E-state index < -0.39 is 0 Å². The Bertz CT molecular complexity index is 962. The van der Waals surface area contributed by atoms with Crippen LogP contribution in [0.2, 0.25) is 0 Å². The van der Waals surface area contributed by atoms with Gasteiger partial charge in [-0.25, -0.2) is 9.97 Å². The van der Waals surface area contributed by atoms with Gasteiger partial charge in [0, 0.05) is 30.8 Å². The zero-order chi connectivity index (χ0) is 18.2. The van der Waals surface area contributed by atoms with Crippen molar-refractivity contribution in [2.45, 2.75) is 18.8 Å². The molecular formula is C19H22N6O2. The summed E-state index contributed by atoms with van der Waals surface area (Å²) in [5.41, 5.74) is 3.65. The summed E-state index contributed by atoms with van der Waals surface area (Å²) in [6, 6.07) is 6.14. The molecule has 0 atom stereocenters. The molecule has 2 fully saturated rings. The predicted molar refractivity (Wildman–Crippen MR) is 103 cm³/mol. The average molecular weight is 366 g/mol. The van der Waals surface area contributed by atoms with Gasteiger partial charge in [-0.15, -0.1) is 0 Å². The quantitative estimate of drug-likeness (QED) is 0.718. The zero-order valence-electron chi connectivity index (χ0n) is 15.2. The van der Waals surface area contributed by atoms with Crippen LogP contribution in [0.1, 0.15) is 24.6 Å². The molecule has 8 nitrogen and oxygen atoms in total. The van der Waals surface area contributed by atoms with E-state index in [-0.39, 0.29) is 0 Å². The summed E-state index contributed by atoms with van der Waals surface area (Å²) in [6.07, 6.45) is 4.06. The number of benzene rings is 1. The van der Waals surface area contributed by atoms with Crippen LogP contribution in [0, 0.1) is 0 Å². The maximum atomic E-state index is 5.65. The van der Waals surface area contributed by atoms with Crippen molar-refractivity contribution in [2.24, 2.45) is 0 Å². The highest BCUT2D eigenvalue weighted by molar-refractivity contribution is 5.87. The van der Waals surface area contributed by atoms with Crippen LogP contribution in [0.4, 0.5) is 17.2 Å². The topological polar surface area (TPSA) is 88.2 Å². The number of rotatable bonds is 5. The lowest BCUT2D eigenvalue weighted by Crippen LogP contribution is -2.36. The van der Waals surface area contributed by atoms with E-state index in [1.54, 1.807) is 13.3 Å². The molecule has 0 unspecified atom stereocenters. The predicted octanol–water partition coefficient (Wildman–Crippen LogP) is 2.82. The Morgan fingerprint density at radius 1 is 1.22 bits per heavy atom. The number of methoxy groups -OCH3 is 1. The lowest BCUT2D eigenvalue weighted by Gasteiger charge is -2.30. The Labute approximate surface area is 156 Å². The molecule has 1 aliphatic carbocycles. The van der Waals surface area contributed by atoms with Crippen LogP contribution in [0.15, 0.2) is 24.4 Å². The minimum absolute atomic E-state index is 0.475. The molecule has 1 saturated carbocycles. The molecule has 3 heterocycles. The molecule has 27 heavy (non-hydrogen) atoms. The summed E-state index contributed by atoms with van der Waals surface area (Å²) in [5.74, 6) is 2.95. The standard InChI is InChI=1S/C19H22N6O2/c1-26-16-10-13(4-5-15(16)25-6-8-27-9-7-25)21-19-17-14(11-20-24-17)22-18(23-19)12-2-3-12/h4-5,10-12H,2-3,6-9H2,1H3,(H,20,24)(H,21,22,23). The number of H-pyrrole nitrogens is 1. The van der Waals surface area contributed by atoms with Gasteiger partial charge in [-0.05, 0) is 25.0 Å². The normalized spacial score (nSPS) is 17.3. The fourth-order valence-corrected chi connectivity index (χ4v) is 3.43. The number of nitrogens with zero attached hydrogens (tertiary/aromatic N) is 4. The van der Waals surface area contributed by atoms with E-state index in [1.807, 2.05) is 6.07 Å². The molecule has 1 aromatic carbocycles. The van der Waals surface area contributed by atoms with Crippen LogP contribution in [0.5, 0.6) is 5.75 Å². The lowest BCUT2D eigenvalue weighted by molar-refractivity contribution is 0.122. The number of fused-ring (bicyclic) bond motifs is 1. The number of aromatic amines is 1. The summed E-state index contributed by atoms with van der Waals surface area (Å²) in [5, 5.41) is 10.5. The molecule has 0 spiro atoms. The van der Waals surface area contributed by atoms with E-state index >= 15 is 0 Å². The van der Waals surface area contributed by atoms with Crippen LogP contribution < -0.4 is 15.0 Å². The first-order chi connectivity index (χ1) is 13.3. The summed E-state index contributed by atoms with van der Waals surface area (Å²) in [6.45, 7) is 3.22. The SMILES string of the molecule is COc1cc(Nc2nc(C3CC3)nc3cn[nH]c23)ccc1N1CCOCC1.